The maximum absolute atomic E-state index is 11.9. The first-order valence-corrected chi connectivity index (χ1v) is 5.24. The lowest BCUT2D eigenvalue weighted by Crippen LogP contribution is -2.45. The number of nitriles is 1. The summed E-state index contributed by atoms with van der Waals surface area (Å²) in [4.78, 5) is 11.9. The molecule has 0 atom stereocenters. The molecule has 0 amide bonds. The maximum atomic E-state index is 11.9. The van der Waals surface area contributed by atoms with Gasteiger partial charge in [0.2, 0.25) is 5.88 Å². The molecule has 0 saturated carbocycles. The van der Waals surface area contributed by atoms with Crippen molar-refractivity contribution in [3.63, 3.8) is 0 Å². The number of aromatic nitrogens is 1. The highest BCUT2D eigenvalue weighted by molar-refractivity contribution is 5.44. The third-order valence-corrected chi connectivity index (χ3v) is 2.41. The highest BCUT2D eigenvalue weighted by Gasteiger charge is 2.11. The smallest absolute Gasteiger partial charge is 0.260 e. The van der Waals surface area contributed by atoms with Crippen molar-refractivity contribution in [2.45, 2.75) is 19.9 Å². The standard InChI is InChI=1S/C13H14N2O2/c1-4-6-10-9(3)12(16)15(7-5-2)13(17)11(10)8-14/h5-6,17H,2-4,7H2,1H3. The third kappa shape index (κ3) is 2.13. The van der Waals surface area contributed by atoms with Crippen molar-refractivity contribution >= 4 is 12.7 Å². The largest absolute Gasteiger partial charge is 0.493 e. The maximum Gasteiger partial charge on any atom is 0.260 e. The average Bonchev–Trinajstić information content (AvgIpc) is 2.32. The summed E-state index contributed by atoms with van der Waals surface area (Å²) < 4.78 is 1.08. The van der Waals surface area contributed by atoms with Gasteiger partial charge in [-0.3, -0.25) is 9.36 Å². The Labute approximate surface area is 99.1 Å². The number of aromatic hydroxyl groups is 1. The summed E-state index contributed by atoms with van der Waals surface area (Å²) in [6.07, 6.45) is 3.84. The topological polar surface area (TPSA) is 66.0 Å². The van der Waals surface area contributed by atoms with Crippen LogP contribution in [0.3, 0.4) is 0 Å². The van der Waals surface area contributed by atoms with Crippen LogP contribution in [0.2, 0.25) is 0 Å². The quantitative estimate of drug-likeness (QED) is 0.755. The minimum Gasteiger partial charge on any atom is -0.493 e. The Morgan fingerprint density at radius 1 is 1.59 bits per heavy atom. The Bertz CT molecular complexity index is 648. The fourth-order valence-electron chi connectivity index (χ4n) is 1.62. The SMILES string of the molecule is C=CCn1c(O)c(C#N)c(=CCC)c(=C)c1=O. The van der Waals surface area contributed by atoms with Crippen molar-refractivity contribution in [3.05, 3.63) is 39.0 Å². The summed E-state index contributed by atoms with van der Waals surface area (Å²) in [5.41, 5.74) is -0.320. The number of pyridine rings is 1. The molecule has 0 radical (unpaired) electrons. The molecule has 1 aromatic rings. The van der Waals surface area contributed by atoms with Gasteiger partial charge in [0.1, 0.15) is 11.6 Å². The van der Waals surface area contributed by atoms with E-state index in [4.69, 9.17) is 5.26 Å². The fourth-order valence-corrected chi connectivity index (χ4v) is 1.62. The molecule has 0 aliphatic rings. The number of rotatable bonds is 3. The molecule has 1 rings (SSSR count). The van der Waals surface area contributed by atoms with E-state index in [1.807, 2.05) is 13.0 Å². The second-order valence-electron chi connectivity index (χ2n) is 3.52. The minimum atomic E-state index is -0.402. The zero-order chi connectivity index (χ0) is 13.0. The molecule has 1 heterocycles. The summed E-state index contributed by atoms with van der Waals surface area (Å²) >= 11 is 0. The van der Waals surface area contributed by atoms with Crippen LogP contribution >= 0.6 is 0 Å². The van der Waals surface area contributed by atoms with Crippen LogP contribution < -0.4 is 16.0 Å². The lowest BCUT2D eigenvalue weighted by Gasteiger charge is -2.07. The highest BCUT2D eigenvalue weighted by Crippen LogP contribution is 2.07. The van der Waals surface area contributed by atoms with E-state index in [0.717, 1.165) is 4.57 Å². The molecule has 1 N–H and O–H groups in total. The molecule has 1 aromatic heterocycles. The van der Waals surface area contributed by atoms with Gasteiger partial charge in [0.25, 0.3) is 5.56 Å². The van der Waals surface area contributed by atoms with Crippen LogP contribution in [0.4, 0.5) is 0 Å². The summed E-state index contributed by atoms with van der Waals surface area (Å²) in [5, 5.41) is 19.6. The van der Waals surface area contributed by atoms with Crippen LogP contribution in [0, 0.1) is 11.3 Å². The second kappa shape index (κ2) is 5.17. The number of allylic oxidation sites excluding steroid dienone is 1. The molecule has 4 heteroatoms. The summed E-state index contributed by atoms with van der Waals surface area (Å²) in [7, 11) is 0. The van der Waals surface area contributed by atoms with Gasteiger partial charge in [0.05, 0.1) is 0 Å². The predicted molar refractivity (Wildman–Crippen MR) is 66.8 cm³/mol. The zero-order valence-corrected chi connectivity index (χ0v) is 9.73. The molecule has 0 bridgehead atoms. The van der Waals surface area contributed by atoms with Crippen molar-refractivity contribution in [2.75, 3.05) is 0 Å². The van der Waals surface area contributed by atoms with Gasteiger partial charge in [0, 0.05) is 17.0 Å². The van der Waals surface area contributed by atoms with Gasteiger partial charge in [-0.15, -0.1) is 6.58 Å². The van der Waals surface area contributed by atoms with E-state index in [-0.39, 0.29) is 23.2 Å². The molecule has 4 nitrogen and oxygen atoms in total. The summed E-state index contributed by atoms with van der Waals surface area (Å²) in [6, 6.07) is 1.90. The Morgan fingerprint density at radius 3 is 2.71 bits per heavy atom. The van der Waals surface area contributed by atoms with Gasteiger partial charge in [-0.05, 0) is 6.42 Å². The fraction of sp³-hybridized carbons (Fsp3) is 0.231. The second-order valence-corrected chi connectivity index (χ2v) is 3.52. The molecule has 0 unspecified atom stereocenters. The van der Waals surface area contributed by atoms with E-state index in [1.165, 1.54) is 6.08 Å². The van der Waals surface area contributed by atoms with E-state index in [0.29, 0.717) is 11.6 Å². The van der Waals surface area contributed by atoms with Crippen LogP contribution in [-0.4, -0.2) is 9.67 Å². The highest BCUT2D eigenvalue weighted by atomic mass is 16.3. The monoisotopic (exact) mass is 230 g/mol. The molecular weight excluding hydrogens is 216 g/mol. The van der Waals surface area contributed by atoms with Crippen molar-refractivity contribution in [2.24, 2.45) is 0 Å². The van der Waals surface area contributed by atoms with Gasteiger partial charge in [-0.2, -0.15) is 5.26 Å². The first-order chi connectivity index (χ1) is 8.08. The van der Waals surface area contributed by atoms with Crippen molar-refractivity contribution in [1.29, 1.82) is 5.26 Å². The molecule has 0 aliphatic heterocycles. The normalized spacial score (nSPS) is 11.2. The molecule has 17 heavy (non-hydrogen) atoms. The van der Waals surface area contributed by atoms with E-state index in [2.05, 4.69) is 13.2 Å². The van der Waals surface area contributed by atoms with Crippen molar-refractivity contribution in [3.8, 4) is 11.9 Å². The third-order valence-electron chi connectivity index (χ3n) is 2.41. The number of hydrogen-bond acceptors (Lipinski definition) is 3. The zero-order valence-electron chi connectivity index (χ0n) is 9.73. The van der Waals surface area contributed by atoms with Crippen LogP contribution in [0.25, 0.3) is 12.7 Å². The molecular formula is C13H14N2O2. The van der Waals surface area contributed by atoms with E-state index in [9.17, 15) is 9.90 Å². The first kappa shape index (κ1) is 12.8. The van der Waals surface area contributed by atoms with Crippen LogP contribution in [0.15, 0.2) is 17.4 Å². The average molecular weight is 230 g/mol. The Hall–Kier alpha value is -2.28. The number of hydrogen-bond donors (Lipinski definition) is 1. The Morgan fingerprint density at radius 2 is 2.24 bits per heavy atom. The Balaban J connectivity index is 3.90. The van der Waals surface area contributed by atoms with Crippen LogP contribution in [0.5, 0.6) is 5.88 Å². The van der Waals surface area contributed by atoms with E-state index in [1.54, 1.807) is 6.08 Å². The summed E-state index contributed by atoms with van der Waals surface area (Å²) in [6.45, 7) is 9.20. The van der Waals surface area contributed by atoms with E-state index < -0.39 is 5.56 Å². The molecule has 0 aromatic carbocycles. The van der Waals surface area contributed by atoms with Gasteiger partial charge in [0.15, 0.2) is 0 Å². The lowest BCUT2D eigenvalue weighted by molar-refractivity contribution is 0.413. The molecule has 0 spiro atoms. The van der Waals surface area contributed by atoms with Gasteiger partial charge < -0.3 is 5.11 Å². The molecule has 0 aliphatic carbocycles. The molecule has 0 saturated heterocycles. The van der Waals surface area contributed by atoms with E-state index >= 15 is 0 Å². The molecule has 0 fully saturated rings. The Kier molecular flexibility index (Phi) is 3.89. The molecule has 88 valence electrons. The summed E-state index contributed by atoms with van der Waals surface area (Å²) in [5.74, 6) is -0.329. The van der Waals surface area contributed by atoms with Crippen molar-refractivity contribution in [1.82, 2.24) is 4.57 Å². The van der Waals surface area contributed by atoms with Gasteiger partial charge in [-0.1, -0.05) is 25.7 Å². The number of nitrogens with zero attached hydrogens (tertiary/aromatic N) is 2. The van der Waals surface area contributed by atoms with Crippen molar-refractivity contribution < 1.29 is 5.11 Å². The van der Waals surface area contributed by atoms with Crippen LogP contribution in [0.1, 0.15) is 18.9 Å². The van der Waals surface area contributed by atoms with Gasteiger partial charge in [-0.25, -0.2) is 0 Å². The minimum absolute atomic E-state index is 0.0818. The van der Waals surface area contributed by atoms with Crippen LogP contribution in [-0.2, 0) is 6.54 Å². The predicted octanol–water partition coefficient (Wildman–Crippen LogP) is 0.212. The lowest BCUT2D eigenvalue weighted by atomic mass is 10.1. The first-order valence-electron chi connectivity index (χ1n) is 5.24. The van der Waals surface area contributed by atoms with Gasteiger partial charge >= 0.3 is 0 Å².